The number of fused-ring (bicyclic) bond motifs is 2. The summed E-state index contributed by atoms with van der Waals surface area (Å²) in [5.41, 5.74) is 4.57. The zero-order valence-corrected chi connectivity index (χ0v) is 20.3. The number of aryl methyl sites for hydroxylation is 1. The molecule has 1 fully saturated rings. The van der Waals surface area contributed by atoms with Crippen molar-refractivity contribution in [2.24, 2.45) is 7.05 Å². The van der Waals surface area contributed by atoms with Crippen LogP contribution in [0.1, 0.15) is 24.4 Å². The van der Waals surface area contributed by atoms with Crippen LogP contribution in [0.25, 0.3) is 22.6 Å². The van der Waals surface area contributed by atoms with Gasteiger partial charge in [-0.05, 0) is 30.5 Å². The van der Waals surface area contributed by atoms with Gasteiger partial charge in [0.05, 0.1) is 24.4 Å². The second-order valence-corrected chi connectivity index (χ2v) is 8.95. The number of carboxylic acid groups (broad SMARTS) is 1. The third kappa shape index (κ3) is 5.54. The molecule has 11 nitrogen and oxygen atoms in total. The zero-order valence-electron chi connectivity index (χ0n) is 20.3. The summed E-state index contributed by atoms with van der Waals surface area (Å²) in [6.07, 6.45) is 4.43. The Bertz CT molecular complexity index is 1440. The molecule has 1 N–H and O–H groups in total. The number of halogens is 3. The minimum atomic E-state index is -5.08. The molecular weight excluding hydrogens is 507 g/mol. The predicted octanol–water partition coefficient (Wildman–Crippen LogP) is 3.43. The Morgan fingerprint density at radius 2 is 1.87 bits per heavy atom. The number of aromatic nitrogens is 6. The van der Waals surface area contributed by atoms with Crippen LogP contribution in [-0.2, 0) is 18.4 Å². The van der Waals surface area contributed by atoms with Crippen LogP contribution >= 0.6 is 0 Å². The minimum Gasteiger partial charge on any atom is -0.475 e. The molecule has 0 saturated carbocycles. The van der Waals surface area contributed by atoms with E-state index in [-0.39, 0.29) is 0 Å². The summed E-state index contributed by atoms with van der Waals surface area (Å²) in [6, 6.07) is 6.59. The Morgan fingerprint density at radius 1 is 1.13 bits per heavy atom. The lowest BCUT2D eigenvalue weighted by atomic mass is 10.0. The number of hydrogen-bond donors (Lipinski definition) is 1. The van der Waals surface area contributed by atoms with E-state index in [0.717, 1.165) is 60.9 Å². The number of benzene rings is 1. The lowest BCUT2D eigenvalue weighted by molar-refractivity contribution is -0.192. The van der Waals surface area contributed by atoms with Crippen molar-refractivity contribution in [3.8, 4) is 22.8 Å². The van der Waals surface area contributed by atoms with Crippen molar-refractivity contribution in [2.75, 3.05) is 19.9 Å². The van der Waals surface area contributed by atoms with Crippen LogP contribution in [0.2, 0.25) is 0 Å². The molecule has 0 amide bonds. The van der Waals surface area contributed by atoms with Gasteiger partial charge in [-0.25, -0.2) is 19.7 Å². The van der Waals surface area contributed by atoms with E-state index in [4.69, 9.17) is 24.4 Å². The Labute approximate surface area is 214 Å². The maximum absolute atomic E-state index is 10.6. The molecule has 0 unspecified atom stereocenters. The smallest absolute Gasteiger partial charge is 0.475 e. The Balaban J connectivity index is 0.000000374. The quantitative estimate of drug-likeness (QED) is 0.422. The number of hydrogen-bond acceptors (Lipinski definition) is 8. The predicted molar refractivity (Wildman–Crippen MR) is 127 cm³/mol. The van der Waals surface area contributed by atoms with Gasteiger partial charge in [0.1, 0.15) is 0 Å². The van der Waals surface area contributed by atoms with Crippen molar-refractivity contribution in [2.45, 2.75) is 31.6 Å². The van der Waals surface area contributed by atoms with Crippen LogP contribution in [0.3, 0.4) is 0 Å². The first-order valence-corrected chi connectivity index (χ1v) is 11.8. The van der Waals surface area contributed by atoms with Gasteiger partial charge in [-0.2, -0.15) is 18.3 Å². The Morgan fingerprint density at radius 3 is 2.55 bits per heavy atom. The van der Waals surface area contributed by atoms with Gasteiger partial charge in [0.25, 0.3) is 0 Å². The largest absolute Gasteiger partial charge is 0.490 e. The average molecular weight is 531 g/mol. The number of alkyl halides is 3. The van der Waals surface area contributed by atoms with Crippen molar-refractivity contribution in [1.82, 2.24) is 34.2 Å². The molecule has 2 aliphatic rings. The van der Waals surface area contributed by atoms with Gasteiger partial charge in [0, 0.05) is 44.5 Å². The maximum atomic E-state index is 10.6. The average Bonchev–Trinajstić information content (AvgIpc) is 3.63. The minimum absolute atomic E-state index is 0.314. The molecule has 6 rings (SSSR count). The molecule has 5 heterocycles. The van der Waals surface area contributed by atoms with Crippen molar-refractivity contribution in [1.29, 1.82) is 0 Å². The number of likely N-dealkylation sites (tertiary alicyclic amines) is 1. The Kier molecular flexibility index (Phi) is 6.89. The van der Waals surface area contributed by atoms with E-state index in [0.29, 0.717) is 18.5 Å². The molecule has 0 radical (unpaired) electrons. The lowest BCUT2D eigenvalue weighted by Gasteiger charge is -2.32. The summed E-state index contributed by atoms with van der Waals surface area (Å²) >= 11 is 0. The van der Waals surface area contributed by atoms with Gasteiger partial charge < -0.3 is 19.1 Å². The fourth-order valence-electron chi connectivity index (χ4n) is 4.42. The van der Waals surface area contributed by atoms with Crippen LogP contribution in [0.15, 0.2) is 43.1 Å². The van der Waals surface area contributed by atoms with E-state index in [2.05, 4.69) is 36.7 Å². The van der Waals surface area contributed by atoms with Crippen LogP contribution in [-0.4, -0.2) is 71.3 Å². The van der Waals surface area contributed by atoms with Crippen molar-refractivity contribution >= 4 is 17.3 Å². The summed E-state index contributed by atoms with van der Waals surface area (Å²) < 4.78 is 46.6. The van der Waals surface area contributed by atoms with E-state index in [1.807, 2.05) is 31.8 Å². The number of imidazole rings is 1. The fraction of sp³-hybridized carbons (Fsp3) is 0.375. The number of carboxylic acids is 1. The SMILES string of the molecule is Cn1cc(-c2cnc3ncn(C4CCN(Cc5ccc6c(c5)OCO6)CC4)c3n2)cn1.O=C(O)C(F)(F)F. The van der Waals surface area contributed by atoms with Gasteiger partial charge in [-0.3, -0.25) is 9.58 Å². The van der Waals surface area contributed by atoms with Gasteiger partial charge in [-0.1, -0.05) is 6.07 Å². The molecule has 1 aromatic carbocycles. The van der Waals surface area contributed by atoms with Crippen LogP contribution < -0.4 is 9.47 Å². The molecule has 200 valence electrons. The Hall–Kier alpha value is -4.20. The van der Waals surface area contributed by atoms with Crippen LogP contribution in [0, 0.1) is 0 Å². The van der Waals surface area contributed by atoms with Gasteiger partial charge in [0.2, 0.25) is 6.79 Å². The first-order valence-electron chi connectivity index (χ1n) is 11.8. The van der Waals surface area contributed by atoms with E-state index in [9.17, 15) is 13.2 Å². The van der Waals surface area contributed by atoms with Gasteiger partial charge in [-0.15, -0.1) is 0 Å². The first kappa shape index (κ1) is 25.4. The van der Waals surface area contributed by atoms with Crippen molar-refractivity contribution in [3.63, 3.8) is 0 Å². The normalized spacial score (nSPS) is 15.9. The van der Waals surface area contributed by atoms with Gasteiger partial charge >= 0.3 is 12.1 Å². The van der Waals surface area contributed by atoms with Crippen LogP contribution in [0.4, 0.5) is 13.2 Å². The maximum Gasteiger partial charge on any atom is 0.490 e. The van der Waals surface area contributed by atoms with Crippen molar-refractivity contribution in [3.05, 3.63) is 48.7 Å². The fourth-order valence-corrected chi connectivity index (χ4v) is 4.42. The third-order valence-corrected chi connectivity index (χ3v) is 6.32. The first-order chi connectivity index (χ1) is 18.2. The summed E-state index contributed by atoms with van der Waals surface area (Å²) in [5, 5.41) is 11.4. The van der Waals surface area contributed by atoms with Crippen molar-refractivity contribution < 1.29 is 32.5 Å². The van der Waals surface area contributed by atoms with Crippen LogP contribution in [0.5, 0.6) is 11.5 Å². The number of nitrogens with zero attached hydrogens (tertiary/aromatic N) is 7. The molecule has 14 heteroatoms. The summed E-state index contributed by atoms with van der Waals surface area (Å²) in [4.78, 5) is 25.2. The molecule has 0 bridgehead atoms. The highest BCUT2D eigenvalue weighted by atomic mass is 19.4. The highest BCUT2D eigenvalue weighted by Crippen LogP contribution is 2.33. The molecule has 38 heavy (non-hydrogen) atoms. The van der Waals surface area contributed by atoms with Gasteiger partial charge in [0.15, 0.2) is 22.8 Å². The molecule has 0 atom stereocenters. The molecule has 2 aliphatic heterocycles. The second kappa shape index (κ2) is 10.3. The molecule has 0 aliphatic carbocycles. The number of rotatable bonds is 4. The monoisotopic (exact) mass is 531 g/mol. The zero-order chi connectivity index (χ0) is 26.9. The number of aliphatic carboxylic acids is 1. The molecule has 0 spiro atoms. The highest BCUT2D eigenvalue weighted by molar-refractivity contribution is 5.73. The topological polar surface area (TPSA) is 120 Å². The van der Waals surface area contributed by atoms with E-state index in [1.54, 1.807) is 10.9 Å². The summed E-state index contributed by atoms with van der Waals surface area (Å²) in [5.74, 6) is -1.08. The second-order valence-electron chi connectivity index (χ2n) is 8.95. The molecule has 3 aromatic heterocycles. The molecular formula is C24H24F3N7O4. The van der Waals surface area contributed by atoms with E-state index in [1.165, 1.54) is 5.56 Å². The number of piperidine rings is 1. The third-order valence-electron chi connectivity index (χ3n) is 6.32. The van der Waals surface area contributed by atoms with E-state index < -0.39 is 12.1 Å². The summed E-state index contributed by atoms with van der Waals surface area (Å²) in [6.45, 7) is 3.27. The lowest BCUT2D eigenvalue weighted by Crippen LogP contribution is -2.34. The number of carbonyl (C=O) groups is 1. The van der Waals surface area contributed by atoms with E-state index >= 15 is 0 Å². The highest BCUT2D eigenvalue weighted by Gasteiger charge is 2.38. The summed E-state index contributed by atoms with van der Waals surface area (Å²) in [7, 11) is 1.90. The molecule has 1 saturated heterocycles. The molecule has 4 aromatic rings. The standard InChI is InChI=1S/C22H23N7O2.C2HF3O2/c1-27-12-16(9-25-27)18-10-23-21-22(26-18)29(13-24-21)17-4-6-28(7-5-17)11-15-2-3-19-20(8-15)31-14-30-19;3-2(4,5)1(6)7/h2-3,8-10,12-13,17H,4-7,11,14H2,1H3;(H,6,7). The number of ether oxygens (including phenoxy) is 2.